The number of carboxylic acid groups (broad SMARTS) is 1. The summed E-state index contributed by atoms with van der Waals surface area (Å²) in [7, 11) is 0. The molecule has 2 aliphatic rings. The average molecular weight is 240 g/mol. The molecule has 0 aromatic heterocycles. The Bertz CT molecular complexity index is 266. The van der Waals surface area contributed by atoms with E-state index >= 15 is 0 Å². The molecule has 1 aliphatic heterocycles. The van der Waals surface area contributed by atoms with E-state index in [0.717, 1.165) is 19.4 Å². The van der Waals surface area contributed by atoms with Gasteiger partial charge in [-0.1, -0.05) is 12.8 Å². The maximum absolute atomic E-state index is 11.2. The van der Waals surface area contributed by atoms with Gasteiger partial charge in [-0.3, -0.25) is 9.69 Å². The number of carbonyl (C=O) groups is 1. The highest BCUT2D eigenvalue weighted by Gasteiger charge is 2.30. The molecule has 98 valence electrons. The third kappa shape index (κ3) is 3.96. The minimum atomic E-state index is -0.701. The first-order chi connectivity index (χ1) is 8.16. The van der Waals surface area contributed by atoms with Crippen molar-refractivity contribution in [1.82, 2.24) is 10.2 Å². The zero-order valence-corrected chi connectivity index (χ0v) is 10.7. The van der Waals surface area contributed by atoms with Gasteiger partial charge in [0.1, 0.15) is 6.04 Å². The molecule has 4 heteroatoms. The van der Waals surface area contributed by atoms with Crippen LogP contribution in [0.4, 0.5) is 0 Å². The highest BCUT2D eigenvalue weighted by atomic mass is 16.4. The van der Waals surface area contributed by atoms with Crippen molar-refractivity contribution in [2.75, 3.05) is 13.1 Å². The maximum Gasteiger partial charge on any atom is 0.322 e. The first-order valence-corrected chi connectivity index (χ1v) is 6.89. The van der Waals surface area contributed by atoms with Gasteiger partial charge >= 0.3 is 5.97 Å². The number of hydrogen-bond acceptors (Lipinski definition) is 3. The zero-order valence-electron chi connectivity index (χ0n) is 10.7. The maximum atomic E-state index is 11.2. The summed E-state index contributed by atoms with van der Waals surface area (Å²) in [5, 5.41) is 12.5. The topological polar surface area (TPSA) is 52.6 Å². The van der Waals surface area contributed by atoms with Crippen molar-refractivity contribution in [2.45, 2.75) is 63.6 Å². The SMILES string of the molecule is CC1CCCCCN1CC(NC1CC1)C(=O)O. The number of nitrogens with one attached hydrogen (secondary N) is 1. The van der Waals surface area contributed by atoms with Crippen molar-refractivity contribution in [3.05, 3.63) is 0 Å². The summed E-state index contributed by atoms with van der Waals surface area (Å²) in [6.45, 7) is 3.94. The van der Waals surface area contributed by atoms with Gasteiger partial charge in [0.15, 0.2) is 0 Å². The van der Waals surface area contributed by atoms with Gasteiger partial charge in [-0.15, -0.1) is 0 Å². The lowest BCUT2D eigenvalue weighted by molar-refractivity contribution is -0.140. The van der Waals surface area contributed by atoms with Crippen molar-refractivity contribution >= 4 is 5.97 Å². The van der Waals surface area contributed by atoms with Gasteiger partial charge in [0.2, 0.25) is 0 Å². The average Bonchev–Trinajstić information content (AvgIpc) is 3.08. The Morgan fingerprint density at radius 1 is 1.35 bits per heavy atom. The van der Waals surface area contributed by atoms with Crippen LogP contribution in [0, 0.1) is 0 Å². The lowest BCUT2D eigenvalue weighted by Gasteiger charge is -2.29. The van der Waals surface area contributed by atoms with Crippen LogP contribution in [0.25, 0.3) is 0 Å². The standard InChI is InChI=1S/C13H24N2O2/c1-10-5-3-2-4-8-15(10)9-12(13(16)17)14-11-6-7-11/h10-12,14H,2-9H2,1H3,(H,16,17). The van der Waals surface area contributed by atoms with Gasteiger partial charge in [0.25, 0.3) is 0 Å². The fourth-order valence-corrected chi connectivity index (χ4v) is 2.58. The molecule has 1 heterocycles. The minimum Gasteiger partial charge on any atom is -0.480 e. The second kappa shape index (κ2) is 5.83. The van der Waals surface area contributed by atoms with Crippen molar-refractivity contribution < 1.29 is 9.90 Å². The van der Waals surface area contributed by atoms with Crippen LogP contribution in [0.15, 0.2) is 0 Å². The van der Waals surface area contributed by atoms with E-state index in [1.807, 2.05) is 0 Å². The second-order valence-electron chi connectivity index (χ2n) is 5.53. The lowest BCUT2D eigenvalue weighted by Crippen LogP contribution is -2.49. The fraction of sp³-hybridized carbons (Fsp3) is 0.923. The number of likely N-dealkylation sites (tertiary alicyclic amines) is 1. The molecular formula is C13H24N2O2. The molecule has 0 radical (unpaired) electrons. The molecule has 2 rings (SSSR count). The van der Waals surface area contributed by atoms with Crippen LogP contribution in [0.3, 0.4) is 0 Å². The quantitative estimate of drug-likeness (QED) is 0.764. The minimum absolute atomic E-state index is 0.386. The second-order valence-corrected chi connectivity index (χ2v) is 5.53. The van der Waals surface area contributed by atoms with Crippen molar-refractivity contribution in [2.24, 2.45) is 0 Å². The molecule has 1 aliphatic carbocycles. The molecule has 0 aromatic rings. The van der Waals surface area contributed by atoms with Gasteiger partial charge in [-0.05, 0) is 39.2 Å². The first-order valence-electron chi connectivity index (χ1n) is 6.89. The van der Waals surface area contributed by atoms with E-state index in [1.54, 1.807) is 0 Å². The van der Waals surface area contributed by atoms with Crippen LogP contribution in [0.5, 0.6) is 0 Å². The molecule has 1 saturated carbocycles. The Morgan fingerprint density at radius 2 is 2.12 bits per heavy atom. The molecule has 0 amide bonds. The largest absolute Gasteiger partial charge is 0.480 e. The zero-order chi connectivity index (χ0) is 12.3. The van der Waals surface area contributed by atoms with Crippen molar-refractivity contribution in [3.8, 4) is 0 Å². The van der Waals surface area contributed by atoms with Crippen molar-refractivity contribution in [3.63, 3.8) is 0 Å². The smallest absolute Gasteiger partial charge is 0.322 e. The normalized spacial score (nSPS) is 28.6. The fourth-order valence-electron chi connectivity index (χ4n) is 2.58. The molecule has 2 atom stereocenters. The van der Waals surface area contributed by atoms with Gasteiger partial charge in [-0.25, -0.2) is 0 Å². The summed E-state index contributed by atoms with van der Waals surface area (Å²) in [6.07, 6.45) is 7.26. The Morgan fingerprint density at radius 3 is 2.76 bits per heavy atom. The van der Waals surface area contributed by atoms with Crippen LogP contribution < -0.4 is 5.32 Å². The first kappa shape index (κ1) is 12.8. The molecule has 2 unspecified atom stereocenters. The summed E-state index contributed by atoms with van der Waals surface area (Å²) >= 11 is 0. The monoisotopic (exact) mass is 240 g/mol. The summed E-state index contributed by atoms with van der Waals surface area (Å²) in [5.41, 5.74) is 0. The highest BCUT2D eigenvalue weighted by Crippen LogP contribution is 2.21. The van der Waals surface area contributed by atoms with Gasteiger partial charge in [0, 0.05) is 18.6 Å². The Balaban J connectivity index is 1.87. The molecule has 1 saturated heterocycles. The Kier molecular flexibility index (Phi) is 4.40. The third-order valence-corrected chi connectivity index (χ3v) is 3.92. The van der Waals surface area contributed by atoms with E-state index in [0.29, 0.717) is 18.6 Å². The molecule has 2 fully saturated rings. The molecule has 0 bridgehead atoms. The van der Waals surface area contributed by atoms with Crippen LogP contribution in [0.2, 0.25) is 0 Å². The molecule has 0 aromatic carbocycles. The van der Waals surface area contributed by atoms with E-state index in [-0.39, 0.29) is 6.04 Å². The molecule has 2 N–H and O–H groups in total. The van der Waals surface area contributed by atoms with Crippen LogP contribution in [0.1, 0.15) is 45.4 Å². The predicted octanol–water partition coefficient (Wildman–Crippen LogP) is 1.46. The van der Waals surface area contributed by atoms with Crippen LogP contribution >= 0.6 is 0 Å². The number of nitrogens with zero attached hydrogens (tertiary/aromatic N) is 1. The van der Waals surface area contributed by atoms with E-state index in [2.05, 4.69) is 17.1 Å². The van der Waals surface area contributed by atoms with E-state index in [9.17, 15) is 9.90 Å². The van der Waals surface area contributed by atoms with Crippen LogP contribution in [-0.2, 0) is 4.79 Å². The summed E-state index contributed by atoms with van der Waals surface area (Å²) in [6, 6.07) is 0.599. The summed E-state index contributed by atoms with van der Waals surface area (Å²) in [5.74, 6) is -0.701. The van der Waals surface area contributed by atoms with E-state index in [4.69, 9.17) is 0 Å². The highest BCUT2D eigenvalue weighted by molar-refractivity contribution is 5.73. The van der Waals surface area contributed by atoms with Gasteiger partial charge < -0.3 is 10.4 Å². The Hall–Kier alpha value is -0.610. The van der Waals surface area contributed by atoms with E-state index in [1.165, 1.54) is 25.7 Å². The van der Waals surface area contributed by atoms with Crippen molar-refractivity contribution in [1.29, 1.82) is 0 Å². The molecule has 17 heavy (non-hydrogen) atoms. The summed E-state index contributed by atoms with van der Waals surface area (Å²) < 4.78 is 0. The molecule has 0 spiro atoms. The Labute approximate surface area is 103 Å². The number of aliphatic carboxylic acids is 1. The molecule has 4 nitrogen and oxygen atoms in total. The summed E-state index contributed by atoms with van der Waals surface area (Å²) in [4.78, 5) is 13.6. The number of carboxylic acids is 1. The molecular weight excluding hydrogens is 216 g/mol. The predicted molar refractivity (Wildman–Crippen MR) is 67.1 cm³/mol. The van der Waals surface area contributed by atoms with Crippen LogP contribution in [-0.4, -0.2) is 47.2 Å². The van der Waals surface area contributed by atoms with E-state index < -0.39 is 5.97 Å². The van der Waals surface area contributed by atoms with Gasteiger partial charge in [0.05, 0.1) is 0 Å². The number of hydrogen-bond donors (Lipinski definition) is 2. The number of rotatable bonds is 5. The third-order valence-electron chi connectivity index (χ3n) is 3.92. The lowest BCUT2D eigenvalue weighted by atomic mass is 10.1. The van der Waals surface area contributed by atoms with Gasteiger partial charge in [-0.2, -0.15) is 0 Å².